The summed E-state index contributed by atoms with van der Waals surface area (Å²) in [5.41, 5.74) is 1.63. The van der Waals surface area contributed by atoms with E-state index in [4.69, 9.17) is 34.8 Å². The van der Waals surface area contributed by atoms with E-state index in [2.05, 4.69) is 21.2 Å². The molecule has 41 heavy (non-hydrogen) atoms. The van der Waals surface area contributed by atoms with Crippen molar-refractivity contribution in [3.05, 3.63) is 106 Å². The first kappa shape index (κ1) is 28.5. The number of thiazole rings is 1. The highest BCUT2D eigenvalue weighted by atomic mass is 79.9. The molecule has 3 aromatic carbocycles. The van der Waals surface area contributed by atoms with Crippen LogP contribution >= 0.6 is 73.8 Å². The molecule has 3 atom stereocenters. The topological polar surface area (TPSA) is 88.5 Å². The van der Waals surface area contributed by atoms with Crippen LogP contribution in [0.3, 0.4) is 0 Å². The molecule has 1 aromatic heterocycles. The summed E-state index contributed by atoms with van der Waals surface area (Å²) in [6.07, 6.45) is 0. The quantitative estimate of drug-likeness (QED) is 0.224. The van der Waals surface area contributed by atoms with Crippen LogP contribution in [0.2, 0.25) is 15.1 Å². The Hall–Kier alpha value is -2.60. The van der Waals surface area contributed by atoms with Crippen LogP contribution in [0.15, 0.2) is 81.0 Å². The van der Waals surface area contributed by atoms with E-state index in [1.165, 1.54) is 15.5 Å². The van der Waals surface area contributed by atoms with Crippen LogP contribution < -0.4 is 15.1 Å². The lowest BCUT2D eigenvalue weighted by atomic mass is 9.83. The van der Waals surface area contributed by atoms with E-state index in [0.717, 1.165) is 33.1 Å². The van der Waals surface area contributed by atoms with Crippen molar-refractivity contribution in [3.8, 4) is 0 Å². The number of aromatic nitrogens is 1. The number of anilines is 2. The average molecular weight is 710 g/mol. The summed E-state index contributed by atoms with van der Waals surface area (Å²) in [6.45, 7) is -0.288. The molecule has 7 nitrogen and oxygen atoms in total. The van der Waals surface area contributed by atoms with Gasteiger partial charge < -0.3 is 5.32 Å². The van der Waals surface area contributed by atoms with Crippen molar-refractivity contribution < 1.29 is 14.4 Å². The van der Waals surface area contributed by atoms with Gasteiger partial charge in [0.1, 0.15) is 11.8 Å². The third kappa shape index (κ3) is 5.26. The summed E-state index contributed by atoms with van der Waals surface area (Å²) < 4.78 is 2.16. The van der Waals surface area contributed by atoms with Crippen LogP contribution in [-0.2, 0) is 20.9 Å². The maximum Gasteiger partial charge on any atom is 0.308 e. The number of amides is 3. The Labute approximate surface area is 265 Å². The van der Waals surface area contributed by atoms with Crippen molar-refractivity contribution in [2.24, 2.45) is 5.92 Å². The number of fused-ring (bicyclic) bond motifs is 2. The number of carbonyl (C=O) groups excluding carboxylic acids is 3. The van der Waals surface area contributed by atoms with Gasteiger partial charge in [0.2, 0.25) is 17.7 Å². The van der Waals surface area contributed by atoms with Crippen molar-refractivity contribution in [2.45, 2.75) is 22.7 Å². The third-order valence-electron chi connectivity index (χ3n) is 6.85. The smallest absolute Gasteiger partial charge is 0.308 e. The Balaban J connectivity index is 1.40. The summed E-state index contributed by atoms with van der Waals surface area (Å²) >= 11 is 23.7. The van der Waals surface area contributed by atoms with E-state index >= 15 is 0 Å². The normalized spacial score (nSPS) is 19.7. The predicted molar refractivity (Wildman–Crippen MR) is 167 cm³/mol. The molecular formula is C28H17BrCl3N3O4S2. The minimum Gasteiger partial charge on any atom is -0.324 e. The average Bonchev–Trinajstić information content (AvgIpc) is 3.37. The SMILES string of the molecule is O=C(Cn1c2c(sc1=O)C(c1cccc(Br)c1)C1C(=O)N(c3ccc(Cl)cc3)C(=O)C1S2)Nc1ccc(Cl)c(Cl)c1. The van der Waals surface area contributed by atoms with Crippen molar-refractivity contribution in [1.82, 2.24) is 4.57 Å². The van der Waals surface area contributed by atoms with Gasteiger partial charge in [-0.05, 0) is 60.2 Å². The van der Waals surface area contributed by atoms with Gasteiger partial charge in [0, 0.05) is 26.0 Å². The van der Waals surface area contributed by atoms with Gasteiger partial charge in [-0.2, -0.15) is 0 Å². The van der Waals surface area contributed by atoms with E-state index in [-0.39, 0.29) is 28.3 Å². The molecule has 0 bridgehead atoms. The zero-order valence-corrected chi connectivity index (χ0v) is 26.1. The number of hydrogen-bond acceptors (Lipinski definition) is 6. The predicted octanol–water partition coefficient (Wildman–Crippen LogP) is 7.07. The van der Waals surface area contributed by atoms with Gasteiger partial charge in [-0.15, -0.1) is 0 Å². The van der Waals surface area contributed by atoms with Crippen LogP contribution in [0.1, 0.15) is 16.4 Å². The van der Waals surface area contributed by atoms with Crippen LogP contribution in [0.4, 0.5) is 11.4 Å². The Kier molecular flexibility index (Phi) is 7.82. The molecule has 1 fully saturated rings. The molecule has 0 spiro atoms. The number of rotatable bonds is 5. The Morgan fingerprint density at radius 3 is 2.39 bits per heavy atom. The molecule has 1 N–H and O–H groups in total. The highest BCUT2D eigenvalue weighted by Gasteiger charge is 2.56. The molecule has 4 aromatic rings. The zero-order valence-electron chi connectivity index (χ0n) is 20.6. The molecule has 208 valence electrons. The van der Waals surface area contributed by atoms with Gasteiger partial charge in [0.05, 0.1) is 26.7 Å². The van der Waals surface area contributed by atoms with Gasteiger partial charge in [0.15, 0.2) is 0 Å². The molecule has 13 heteroatoms. The zero-order chi connectivity index (χ0) is 29.0. The fraction of sp³-hybridized carbons (Fsp3) is 0.143. The molecule has 6 rings (SSSR count). The van der Waals surface area contributed by atoms with Crippen molar-refractivity contribution in [2.75, 3.05) is 10.2 Å². The molecule has 3 unspecified atom stereocenters. The highest BCUT2D eigenvalue weighted by molar-refractivity contribution is 9.10. The van der Waals surface area contributed by atoms with Crippen molar-refractivity contribution >= 4 is 103 Å². The first-order valence-electron chi connectivity index (χ1n) is 12.2. The van der Waals surface area contributed by atoms with Crippen LogP contribution in [0.5, 0.6) is 0 Å². The van der Waals surface area contributed by atoms with Gasteiger partial charge in [-0.3, -0.25) is 23.7 Å². The molecule has 0 saturated carbocycles. The number of nitrogens with zero attached hydrogens (tertiary/aromatic N) is 2. The number of hydrogen-bond donors (Lipinski definition) is 1. The monoisotopic (exact) mass is 707 g/mol. The van der Waals surface area contributed by atoms with Crippen LogP contribution in [-0.4, -0.2) is 27.5 Å². The third-order valence-corrected chi connectivity index (χ3v) is 10.9. The summed E-state index contributed by atoms with van der Waals surface area (Å²) in [5.74, 6) is -2.51. The second-order valence-corrected chi connectivity index (χ2v) is 13.7. The lowest BCUT2D eigenvalue weighted by Gasteiger charge is -2.30. The van der Waals surface area contributed by atoms with E-state index in [0.29, 0.717) is 31.3 Å². The molecule has 2 aliphatic heterocycles. The van der Waals surface area contributed by atoms with E-state index in [1.54, 1.807) is 36.4 Å². The maximum absolute atomic E-state index is 13.9. The van der Waals surface area contributed by atoms with Gasteiger partial charge in [-0.25, -0.2) is 4.90 Å². The molecule has 1 saturated heterocycles. The summed E-state index contributed by atoms with van der Waals surface area (Å²) in [7, 11) is 0. The minimum absolute atomic E-state index is 0.280. The summed E-state index contributed by atoms with van der Waals surface area (Å²) in [5, 5.41) is 3.54. The van der Waals surface area contributed by atoms with E-state index in [9.17, 15) is 19.2 Å². The van der Waals surface area contributed by atoms with Gasteiger partial charge in [0.25, 0.3) is 0 Å². The lowest BCUT2D eigenvalue weighted by molar-refractivity contribution is -0.122. The summed E-state index contributed by atoms with van der Waals surface area (Å²) in [6, 6.07) is 18.7. The molecule has 0 radical (unpaired) electrons. The first-order valence-corrected chi connectivity index (χ1v) is 15.8. The van der Waals surface area contributed by atoms with Gasteiger partial charge >= 0.3 is 4.87 Å². The number of benzene rings is 3. The fourth-order valence-corrected chi connectivity index (χ4v) is 8.69. The number of thioether (sulfide) groups is 1. The summed E-state index contributed by atoms with van der Waals surface area (Å²) in [4.78, 5) is 55.5. The van der Waals surface area contributed by atoms with Gasteiger partial charge in [-0.1, -0.05) is 86.0 Å². The second-order valence-electron chi connectivity index (χ2n) is 9.39. The van der Waals surface area contributed by atoms with E-state index < -0.39 is 23.0 Å². The first-order chi connectivity index (χ1) is 19.6. The Morgan fingerprint density at radius 1 is 0.927 bits per heavy atom. The minimum atomic E-state index is -0.798. The molecule has 2 aliphatic rings. The largest absolute Gasteiger partial charge is 0.324 e. The van der Waals surface area contributed by atoms with Crippen molar-refractivity contribution in [1.29, 1.82) is 0 Å². The molecule has 0 aliphatic carbocycles. The molecule has 3 amide bonds. The number of halogens is 4. The van der Waals surface area contributed by atoms with Crippen LogP contribution in [0, 0.1) is 5.92 Å². The number of nitrogens with one attached hydrogen (secondary N) is 1. The lowest BCUT2D eigenvalue weighted by Crippen LogP contribution is -2.33. The fourth-order valence-electron chi connectivity index (χ4n) is 5.08. The van der Waals surface area contributed by atoms with E-state index in [1.807, 2.05) is 24.3 Å². The number of carbonyl (C=O) groups is 3. The van der Waals surface area contributed by atoms with Crippen molar-refractivity contribution in [3.63, 3.8) is 0 Å². The highest BCUT2D eigenvalue weighted by Crippen LogP contribution is 2.54. The standard InChI is InChI=1S/C28H17BrCl3N3O4S2/c29-14-3-1-2-13(10-14)21-22-23(26(38)35(25(22)37)17-7-4-15(30)5-8-17)40-27-24(21)41-28(39)34(27)12-20(36)33-16-6-9-18(31)19(32)11-16/h1-11,21-23H,12H2,(H,33,36). The maximum atomic E-state index is 13.9. The Morgan fingerprint density at radius 2 is 1.68 bits per heavy atom. The molecular weight excluding hydrogens is 693 g/mol. The Bertz CT molecular complexity index is 1790. The number of imide groups is 1. The molecule has 3 heterocycles. The second kappa shape index (κ2) is 11.2. The van der Waals surface area contributed by atoms with Crippen LogP contribution in [0.25, 0.3) is 0 Å².